The normalized spacial score (nSPS) is 10.4. The van der Waals surface area contributed by atoms with Crippen molar-refractivity contribution in [3.63, 3.8) is 0 Å². The zero-order valence-corrected chi connectivity index (χ0v) is 14.8. The number of carbonyl (C=O) groups excluding carboxylic acids is 1. The van der Waals surface area contributed by atoms with Crippen molar-refractivity contribution in [3.8, 4) is 11.1 Å². The van der Waals surface area contributed by atoms with Gasteiger partial charge in [-0.05, 0) is 11.6 Å². The third-order valence-corrected chi connectivity index (χ3v) is 4.15. The molecule has 2 aromatic carbocycles. The van der Waals surface area contributed by atoms with Gasteiger partial charge in [0.15, 0.2) is 0 Å². The van der Waals surface area contributed by atoms with Gasteiger partial charge in [0.25, 0.3) is 11.6 Å². The number of rotatable bonds is 4. The fourth-order valence-corrected chi connectivity index (χ4v) is 2.89. The molecular weight excluding hydrogens is 372 g/mol. The number of hydrogen-bond acceptors (Lipinski definition) is 5. The Bertz CT molecular complexity index is 1040. The average Bonchev–Trinajstić information content (AvgIpc) is 2.65. The van der Waals surface area contributed by atoms with Crippen molar-refractivity contribution in [2.24, 2.45) is 0 Å². The van der Waals surface area contributed by atoms with E-state index >= 15 is 0 Å². The summed E-state index contributed by atoms with van der Waals surface area (Å²) in [4.78, 5) is 23.6. The number of nitrogens with zero attached hydrogens (tertiary/aromatic N) is 3. The van der Waals surface area contributed by atoms with Crippen LogP contribution in [0.2, 0.25) is 5.15 Å². The lowest BCUT2D eigenvalue weighted by molar-refractivity contribution is -0.674. The van der Waals surface area contributed by atoms with E-state index in [1.165, 1.54) is 31.2 Å². The molecule has 0 spiro atoms. The summed E-state index contributed by atoms with van der Waals surface area (Å²) < 4.78 is 0. The number of benzene rings is 2. The molecule has 27 heavy (non-hydrogen) atoms. The van der Waals surface area contributed by atoms with Crippen molar-refractivity contribution < 1.29 is 14.6 Å². The van der Waals surface area contributed by atoms with Gasteiger partial charge in [-0.15, -0.1) is 0 Å². The minimum atomic E-state index is -0.629. The molecule has 0 aliphatic carbocycles. The number of carbonyl (C=O) groups is 1. The van der Waals surface area contributed by atoms with Crippen LogP contribution in [0.25, 0.3) is 11.1 Å². The van der Waals surface area contributed by atoms with Gasteiger partial charge in [0.1, 0.15) is 0 Å². The van der Waals surface area contributed by atoms with Crippen LogP contribution in [0.1, 0.15) is 16.1 Å². The van der Waals surface area contributed by atoms with Crippen LogP contribution in [0.5, 0.6) is 0 Å². The maximum Gasteiger partial charge on any atom is 0.271 e. The summed E-state index contributed by atoms with van der Waals surface area (Å²) in [5, 5.41) is 28.8. The summed E-state index contributed by atoms with van der Waals surface area (Å²) in [5.74, 6) is -0.629. The Kier molecular flexibility index (Phi) is 5.00. The number of aromatic nitrogens is 2. The molecule has 0 unspecified atom stereocenters. The zero-order valence-electron chi connectivity index (χ0n) is 14.0. The lowest BCUT2D eigenvalue weighted by Crippen LogP contribution is -2.37. The summed E-state index contributed by atoms with van der Waals surface area (Å²) in [6, 6.07) is 14.3. The highest BCUT2D eigenvalue weighted by molar-refractivity contribution is 6.34. The first kappa shape index (κ1) is 18.3. The molecule has 136 valence electrons. The summed E-state index contributed by atoms with van der Waals surface area (Å²) in [6.07, 6.45) is 0. The molecule has 3 aromatic rings. The van der Waals surface area contributed by atoms with Gasteiger partial charge in [-0.25, -0.2) is 0 Å². The fraction of sp³-hybridized carbons (Fsp3) is 0.0556. The Hall–Kier alpha value is -3.52. The van der Waals surface area contributed by atoms with Gasteiger partial charge in [0, 0.05) is 29.8 Å². The molecule has 1 aromatic heterocycles. The van der Waals surface area contributed by atoms with Crippen LogP contribution in [0, 0.1) is 22.2 Å². The van der Waals surface area contributed by atoms with E-state index < -0.39 is 10.8 Å². The second-order valence-electron chi connectivity index (χ2n) is 5.63. The van der Waals surface area contributed by atoms with Crippen LogP contribution in [0.4, 0.5) is 11.4 Å². The molecule has 3 rings (SSSR count). The van der Waals surface area contributed by atoms with Gasteiger partial charge < -0.3 is 10.5 Å². The molecular formula is C18H13ClN4O4. The van der Waals surface area contributed by atoms with Crippen molar-refractivity contribution in [3.05, 3.63) is 86.3 Å². The molecule has 0 aliphatic heterocycles. The average molecular weight is 385 g/mol. The van der Waals surface area contributed by atoms with E-state index in [1.54, 1.807) is 30.3 Å². The molecule has 0 atom stereocenters. The van der Waals surface area contributed by atoms with Gasteiger partial charge in [-0.3, -0.25) is 14.9 Å². The standard InChI is InChI=1S/C18H13ClN4O4/c1-11-15(12-6-3-2-4-7-12)16(17(19)21-22(11)25)18(24)20-13-8-5-9-14(10-13)23(26)27/h2-10H,1H3,(H,20,24). The van der Waals surface area contributed by atoms with E-state index in [0.29, 0.717) is 16.0 Å². The maximum atomic E-state index is 12.9. The number of non-ortho nitro benzene ring substituents is 1. The van der Waals surface area contributed by atoms with Crippen LogP contribution >= 0.6 is 11.6 Å². The highest BCUT2D eigenvalue weighted by Gasteiger charge is 2.26. The highest BCUT2D eigenvalue weighted by Crippen LogP contribution is 2.30. The number of anilines is 1. The van der Waals surface area contributed by atoms with E-state index in [2.05, 4.69) is 10.4 Å². The number of nitro benzene ring substituents is 1. The van der Waals surface area contributed by atoms with Crippen molar-refractivity contribution in [1.29, 1.82) is 0 Å². The smallest absolute Gasteiger partial charge is 0.271 e. The summed E-state index contributed by atoms with van der Waals surface area (Å²) in [6.45, 7) is 1.53. The first-order valence-electron chi connectivity index (χ1n) is 7.79. The minimum Gasteiger partial charge on any atom is -0.594 e. The van der Waals surface area contributed by atoms with Gasteiger partial charge >= 0.3 is 0 Å². The van der Waals surface area contributed by atoms with E-state index in [-0.39, 0.29) is 27.8 Å². The topological polar surface area (TPSA) is 112 Å². The number of hydrogen-bond donors (Lipinski definition) is 1. The third-order valence-electron chi connectivity index (χ3n) is 3.89. The second-order valence-corrected chi connectivity index (χ2v) is 5.98. The Balaban J connectivity index is 2.08. The number of nitrogens with one attached hydrogen (secondary N) is 1. The zero-order chi connectivity index (χ0) is 19.6. The van der Waals surface area contributed by atoms with Crippen LogP contribution < -0.4 is 10.2 Å². The van der Waals surface area contributed by atoms with Crippen molar-refractivity contribution in [1.82, 2.24) is 5.10 Å². The third kappa shape index (κ3) is 3.70. The minimum absolute atomic E-state index is 0.0129. The van der Waals surface area contributed by atoms with E-state index in [4.69, 9.17) is 11.6 Å². The Morgan fingerprint density at radius 3 is 2.56 bits per heavy atom. The van der Waals surface area contributed by atoms with E-state index in [9.17, 15) is 20.1 Å². The van der Waals surface area contributed by atoms with Crippen LogP contribution in [-0.2, 0) is 0 Å². The van der Waals surface area contributed by atoms with Crippen LogP contribution in [-0.4, -0.2) is 15.9 Å². The quantitative estimate of drug-likeness (QED) is 0.320. The predicted molar refractivity (Wildman–Crippen MR) is 99.4 cm³/mol. The number of nitro groups is 1. The van der Waals surface area contributed by atoms with Gasteiger partial charge in [-0.2, -0.15) is 0 Å². The lowest BCUT2D eigenvalue weighted by Gasteiger charge is -2.13. The number of halogens is 1. The summed E-state index contributed by atoms with van der Waals surface area (Å²) in [5.41, 5.74) is 1.23. The molecule has 1 amide bonds. The molecule has 0 radical (unpaired) electrons. The molecule has 1 heterocycles. The van der Waals surface area contributed by atoms with E-state index in [0.717, 1.165) is 0 Å². The van der Waals surface area contributed by atoms with Gasteiger partial charge in [0.05, 0.1) is 16.1 Å². The SMILES string of the molecule is Cc1c(-c2ccccc2)c(C(=O)Nc2cccc([N+](=O)[O-])c2)c(Cl)n[n+]1[O-]. The summed E-state index contributed by atoms with van der Waals surface area (Å²) in [7, 11) is 0. The molecule has 0 bridgehead atoms. The van der Waals surface area contributed by atoms with Gasteiger partial charge in [-0.1, -0.05) is 52.8 Å². The molecule has 8 nitrogen and oxygen atoms in total. The first-order valence-corrected chi connectivity index (χ1v) is 8.17. The summed E-state index contributed by atoms with van der Waals surface area (Å²) >= 11 is 6.10. The van der Waals surface area contributed by atoms with Crippen molar-refractivity contribution in [2.75, 3.05) is 5.32 Å². The molecule has 1 N–H and O–H groups in total. The molecule has 0 fully saturated rings. The highest BCUT2D eigenvalue weighted by atomic mass is 35.5. The van der Waals surface area contributed by atoms with Crippen LogP contribution in [0.3, 0.4) is 0 Å². The largest absolute Gasteiger partial charge is 0.594 e. The van der Waals surface area contributed by atoms with E-state index in [1.807, 2.05) is 0 Å². The second kappa shape index (κ2) is 7.38. The van der Waals surface area contributed by atoms with Crippen molar-refractivity contribution >= 4 is 28.9 Å². The van der Waals surface area contributed by atoms with Crippen LogP contribution in [0.15, 0.2) is 54.6 Å². The van der Waals surface area contributed by atoms with Crippen molar-refractivity contribution in [2.45, 2.75) is 6.92 Å². The maximum absolute atomic E-state index is 12.9. The fourth-order valence-electron chi connectivity index (χ4n) is 2.64. The number of amides is 1. The lowest BCUT2D eigenvalue weighted by atomic mass is 9.99. The van der Waals surface area contributed by atoms with Gasteiger partial charge in [0.2, 0.25) is 10.8 Å². The molecule has 0 saturated heterocycles. The predicted octanol–water partition coefficient (Wildman–Crippen LogP) is 3.50. The molecule has 0 saturated carbocycles. The monoisotopic (exact) mass is 384 g/mol. The molecule has 0 aliphatic rings. The molecule has 9 heteroatoms. The first-order chi connectivity index (χ1) is 12.9. The Morgan fingerprint density at radius 1 is 1.19 bits per heavy atom. The Labute approximate surface area is 158 Å². The Morgan fingerprint density at radius 2 is 1.89 bits per heavy atom.